The molecule has 3 aromatic rings. The van der Waals surface area contributed by atoms with Crippen molar-refractivity contribution >= 4 is 17.4 Å². The number of nitrogens with zero attached hydrogens (tertiary/aromatic N) is 1. The predicted molar refractivity (Wildman–Crippen MR) is 166 cm³/mol. The van der Waals surface area contributed by atoms with Crippen molar-refractivity contribution in [3.05, 3.63) is 89.0 Å². The molecular formula is C35H48N2O2. The molecule has 2 amide bonds. The molecule has 0 saturated carbocycles. The smallest absolute Gasteiger partial charge is 0.326 e. The number of unbranched alkanes of at least 4 members (excludes halogenated alkanes) is 5. The molecule has 0 spiro atoms. The van der Waals surface area contributed by atoms with Crippen LogP contribution in [0.1, 0.15) is 107 Å². The molecule has 3 aromatic carbocycles. The predicted octanol–water partition coefficient (Wildman–Crippen LogP) is 10.1. The Morgan fingerprint density at radius 2 is 1.41 bits per heavy atom. The van der Waals surface area contributed by atoms with Crippen molar-refractivity contribution in [1.82, 2.24) is 0 Å². The van der Waals surface area contributed by atoms with Crippen LogP contribution < -0.4 is 15.0 Å². The summed E-state index contributed by atoms with van der Waals surface area (Å²) in [6, 6.07) is 22.7. The van der Waals surface area contributed by atoms with Crippen LogP contribution in [0.3, 0.4) is 0 Å². The normalized spacial score (nSPS) is 11.2. The van der Waals surface area contributed by atoms with Crippen LogP contribution in [0.5, 0.6) is 5.75 Å². The minimum atomic E-state index is -0.128. The fourth-order valence-electron chi connectivity index (χ4n) is 5.06. The lowest BCUT2D eigenvalue weighted by molar-refractivity contribution is 0.256. The molecule has 3 rings (SSSR count). The summed E-state index contributed by atoms with van der Waals surface area (Å²) in [7, 11) is 1.67. The van der Waals surface area contributed by atoms with Crippen molar-refractivity contribution in [1.29, 1.82) is 0 Å². The zero-order chi connectivity index (χ0) is 28.2. The lowest BCUT2D eigenvalue weighted by atomic mass is 9.93. The van der Waals surface area contributed by atoms with Gasteiger partial charge in [0.25, 0.3) is 0 Å². The molecule has 0 atom stereocenters. The van der Waals surface area contributed by atoms with E-state index in [1.54, 1.807) is 7.11 Å². The second-order valence-electron chi connectivity index (χ2n) is 11.2. The van der Waals surface area contributed by atoms with E-state index in [4.69, 9.17) is 4.74 Å². The third-order valence-corrected chi connectivity index (χ3v) is 7.39. The highest BCUT2D eigenvalue weighted by atomic mass is 16.5. The molecule has 210 valence electrons. The Morgan fingerprint density at radius 3 is 2.03 bits per heavy atom. The lowest BCUT2D eigenvalue weighted by Gasteiger charge is -2.27. The molecular weight excluding hydrogens is 480 g/mol. The first-order valence-electron chi connectivity index (χ1n) is 14.8. The van der Waals surface area contributed by atoms with Gasteiger partial charge in [0.1, 0.15) is 5.75 Å². The zero-order valence-corrected chi connectivity index (χ0v) is 24.9. The van der Waals surface area contributed by atoms with Gasteiger partial charge in [-0.1, -0.05) is 109 Å². The van der Waals surface area contributed by atoms with E-state index < -0.39 is 0 Å². The number of aryl methyl sites for hydroxylation is 1. The Kier molecular flexibility index (Phi) is 11.9. The van der Waals surface area contributed by atoms with Crippen LogP contribution in [0.4, 0.5) is 16.2 Å². The number of ether oxygens (including phenoxy) is 1. The van der Waals surface area contributed by atoms with E-state index in [0.29, 0.717) is 18.4 Å². The number of para-hydroxylation sites is 1. The number of rotatable bonds is 14. The summed E-state index contributed by atoms with van der Waals surface area (Å²) >= 11 is 0. The standard InChI is InChI=1S/C35H48N2O2/c1-7-8-9-10-11-12-15-28-20-22-30(23-21-28)37(25-29-16-13-17-31(24-29)39-6)35(38)36-34-32(26(2)3)18-14-19-33(34)27(4)5/h13-14,16-24,26-27H,7-12,15,25H2,1-6H3,(H,36,38). The SMILES string of the molecule is CCCCCCCCc1ccc(N(Cc2cccc(OC)c2)C(=O)Nc2c(C(C)C)cccc2C(C)C)cc1. The summed E-state index contributed by atoms with van der Waals surface area (Å²) in [4.78, 5) is 15.8. The maximum Gasteiger partial charge on any atom is 0.326 e. The van der Waals surface area contributed by atoms with Crippen molar-refractivity contribution in [2.45, 2.75) is 97.9 Å². The van der Waals surface area contributed by atoms with Gasteiger partial charge in [-0.2, -0.15) is 0 Å². The summed E-state index contributed by atoms with van der Waals surface area (Å²) < 4.78 is 5.45. The quantitative estimate of drug-likeness (QED) is 0.211. The minimum Gasteiger partial charge on any atom is -0.497 e. The van der Waals surface area contributed by atoms with Crippen LogP contribution in [0.15, 0.2) is 66.7 Å². The topological polar surface area (TPSA) is 41.6 Å². The minimum absolute atomic E-state index is 0.128. The lowest BCUT2D eigenvalue weighted by Crippen LogP contribution is -2.35. The van der Waals surface area contributed by atoms with Gasteiger partial charge < -0.3 is 10.1 Å². The third kappa shape index (κ3) is 8.88. The zero-order valence-electron chi connectivity index (χ0n) is 24.9. The second-order valence-corrected chi connectivity index (χ2v) is 11.2. The van der Waals surface area contributed by atoms with Gasteiger partial charge >= 0.3 is 6.03 Å². The Morgan fingerprint density at radius 1 is 0.795 bits per heavy atom. The summed E-state index contributed by atoms with van der Waals surface area (Å²) in [5.74, 6) is 1.38. The molecule has 0 aliphatic rings. The van der Waals surface area contributed by atoms with Gasteiger partial charge in [0, 0.05) is 11.4 Å². The van der Waals surface area contributed by atoms with Gasteiger partial charge in [0.15, 0.2) is 0 Å². The largest absolute Gasteiger partial charge is 0.497 e. The number of urea groups is 1. The van der Waals surface area contributed by atoms with Gasteiger partial charge in [0.05, 0.1) is 13.7 Å². The Balaban J connectivity index is 1.86. The highest BCUT2D eigenvalue weighted by Crippen LogP contribution is 2.33. The number of methoxy groups -OCH3 is 1. The summed E-state index contributed by atoms with van der Waals surface area (Å²) in [5, 5.41) is 3.32. The van der Waals surface area contributed by atoms with Gasteiger partial charge in [-0.05, 0) is 71.2 Å². The molecule has 39 heavy (non-hydrogen) atoms. The molecule has 0 fully saturated rings. The van der Waals surface area contributed by atoms with E-state index in [2.05, 4.69) is 82.4 Å². The molecule has 1 N–H and O–H groups in total. The van der Waals surface area contributed by atoms with Gasteiger partial charge in [-0.15, -0.1) is 0 Å². The van der Waals surface area contributed by atoms with Gasteiger partial charge in [0.2, 0.25) is 0 Å². The van der Waals surface area contributed by atoms with Crippen molar-refractivity contribution in [3.8, 4) is 5.75 Å². The van der Waals surface area contributed by atoms with Crippen LogP contribution >= 0.6 is 0 Å². The van der Waals surface area contributed by atoms with Crippen LogP contribution in [0, 0.1) is 0 Å². The van der Waals surface area contributed by atoms with Gasteiger partial charge in [-0.3, -0.25) is 4.90 Å². The van der Waals surface area contributed by atoms with E-state index in [1.807, 2.05) is 29.2 Å². The summed E-state index contributed by atoms with van der Waals surface area (Å²) in [6.07, 6.45) is 8.83. The number of hydrogen-bond donors (Lipinski definition) is 1. The number of anilines is 2. The highest BCUT2D eigenvalue weighted by Gasteiger charge is 2.21. The maximum absolute atomic E-state index is 14.0. The van der Waals surface area contributed by atoms with Crippen LogP contribution in [-0.2, 0) is 13.0 Å². The number of amides is 2. The van der Waals surface area contributed by atoms with Crippen molar-refractivity contribution in [2.24, 2.45) is 0 Å². The van der Waals surface area contributed by atoms with Crippen LogP contribution in [-0.4, -0.2) is 13.1 Å². The van der Waals surface area contributed by atoms with Crippen molar-refractivity contribution in [3.63, 3.8) is 0 Å². The molecule has 0 aliphatic carbocycles. The fraction of sp³-hybridized carbons (Fsp3) is 0.457. The first kappa shape index (κ1) is 30.3. The molecule has 0 aromatic heterocycles. The van der Waals surface area contributed by atoms with E-state index in [1.165, 1.54) is 44.1 Å². The number of carbonyl (C=O) groups is 1. The molecule has 0 unspecified atom stereocenters. The van der Waals surface area contributed by atoms with Crippen molar-refractivity contribution in [2.75, 3.05) is 17.3 Å². The molecule has 0 saturated heterocycles. The first-order valence-corrected chi connectivity index (χ1v) is 14.8. The monoisotopic (exact) mass is 528 g/mol. The molecule has 0 aliphatic heterocycles. The van der Waals surface area contributed by atoms with Crippen molar-refractivity contribution < 1.29 is 9.53 Å². The summed E-state index contributed by atoms with van der Waals surface area (Å²) in [5.41, 5.74) is 6.47. The number of carbonyl (C=O) groups excluding carboxylic acids is 1. The molecule has 4 nitrogen and oxygen atoms in total. The molecule has 0 radical (unpaired) electrons. The Hall–Kier alpha value is -3.27. The first-order chi connectivity index (χ1) is 18.8. The number of benzene rings is 3. The summed E-state index contributed by atoms with van der Waals surface area (Å²) in [6.45, 7) is 11.4. The fourth-order valence-corrected chi connectivity index (χ4v) is 5.06. The van der Waals surface area contributed by atoms with Gasteiger partial charge in [-0.25, -0.2) is 4.79 Å². The highest BCUT2D eigenvalue weighted by molar-refractivity contribution is 6.02. The number of nitrogens with one attached hydrogen (secondary N) is 1. The average molecular weight is 529 g/mol. The molecule has 0 heterocycles. The third-order valence-electron chi connectivity index (χ3n) is 7.39. The second kappa shape index (κ2) is 15.4. The van der Waals surface area contributed by atoms with E-state index >= 15 is 0 Å². The molecule has 0 bridgehead atoms. The van der Waals surface area contributed by atoms with E-state index in [0.717, 1.165) is 40.2 Å². The van der Waals surface area contributed by atoms with E-state index in [9.17, 15) is 4.79 Å². The maximum atomic E-state index is 14.0. The number of hydrogen-bond acceptors (Lipinski definition) is 2. The Bertz CT molecular complexity index is 1140. The molecule has 4 heteroatoms. The Labute approximate surface area is 236 Å². The van der Waals surface area contributed by atoms with Crippen LogP contribution in [0.2, 0.25) is 0 Å². The van der Waals surface area contributed by atoms with E-state index in [-0.39, 0.29) is 6.03 Å². The van der Waals surface area contributed by atoms with Crippen LogP contribution in [0.25, 0.3) is 0 Å². The average Bonchev–Trinajstić information content (AvgIpc) is 2.94.